The molecule has 5 rings (SSSR count). The molecule has 1 unspecified atom stereocenters. The van der Waals surface area contributed by atoms with E-state index in [1.54, 1.807) is 0 Å². The molecule has 0 saturated heterocycles. The third-order valence-corrected chi connectivity index (χ3v) is 7.17. The van der Waals surface area contributed by atoms with Crippen molar-refractivity contribution < 1.29 is 9.47 Å². The van der Waals surface area contributed by atoms with Gasteiger partial charge in [-0.25, -0.2) is 0 Å². The number of hydrogen-bond donors (Lipinski definition) is 2. The molecule has 0 amide bonds. The van der Waals surface area contributed by atoms with E-state index < -0.39 is 0 Å². The first kappa shape index (κ1) is 17.2. The van der Waals surface area contributed by atoms with E-state index in [0.717, 1.165) is 41.5 Å². The van der Waals surface area contributed by atoms with Crippen LogP contribution >= 0.6 is 23.1 Å². The van der Waals surface area contributed by atoms with E-state index in [2.05, 4.69) is 46.2 Å². The van der Waals surface area contributed by atoms with Crippen LogP contribution in [0.15, 0.2) is 41.9 Å². The van der Waals surface area contributed by atoms with Crippen LogP contribution in [0, 0.1) is 0 Å². The normalized spacial score (nSPS) is 18.8. The monoisotopic (exact) mass is 398 g/mol. The van der Waals surface area contributed by atoms with Crippen molar-refractivity contribution in [2.24, 2.45) is 0 Å². The minimum atomic E-state index is 0.322. The molecular weight excluding hydrogens is 376 g/mol. The number of thiophene rings is 1. The number of fused-ring (bicyclic) bond motifs is 2. The molecule has 2 N–H and O–H groups in total. The molecule has 0 spiro atoms. The van der Waals surface area contributed by atoms with E-state index in [4.69, 9.17) is 9.47 Å². The Balaban J connectivity index is 1.15. The zero-order chi connectivity index (χ0) is 18.1. The van der Waals surface area contributed by atoms with E-state index in [-0.39, 0.29) is 0 Å². The number of aromatic amines is 1. The van der Waals surface area contributed by atoms with Crippen molar-refractivity contribution in [1.29, 1.82) is 0 Å². The lowest BCUT2D eigenvalue weighted by Gasteiger charge is -2.23. The average molecular weight is 399 g/mol. The van der Waals surface area contributed by atoms with Crippen molar-refractivity contribution in [3.8, 4) is 11.5 Å². The van der Waals surface area contributed by atoms with Gasteiger partial charge in [-0.15, -0.1) is 11.3 Å². The maximum atomic E-state index is 5.52. The summed E-state index contributed by atoms with van der Waals surface area (Å²) in [5, 5.41) is 7.05. The molecule has 2 aromatic heterocycles. The van der Waals surface area contributed by atoms with Gasteiger partial charge < -0.3 is 19.8 Å². The van der Waals surface area contributed by atoms with Crippen LogP contribution in [0.2, 0.25) is 0 Å². The van der Waals surface area contributed by atoms with E-state index >= 15 is 0 Å². The number of thioether (sulfide) groups is 1. The molecule has 1 aromatic carbocycles. The van der Waals surface area contributed by atoms with Gasteiger partial charge in [-0.1, -0.05) is 12.1 Å². The van der Waals surface area contributed by atoms with Crippen molar-refractivity contribution >= 4 is 39.6 Å². The number of hydrogen-bond acceptors (Lipinski definition) is 5. The third-order valence-electron chi connectivity index (χ3n) is 5.19. The summed E-state index contributed by atoms with van der Waals surface area (Å²) in [6.45, 7) is 1.31. The standard InChI is InChI=1S/C21H22N2O2S2/c1-2-21(27-6-1)14-3-5-22-16(8-14)4-7-26-12-15-11-23-18-10-20-19(9-17(15)18)24-13-25-20/h1-3,6,9-11,16,22-23H,4-5,7-8,12-13H2. The molecule has 0 bridgehead atoms. The second-order valence-electron chi connectivity index (χ2n) is 6.92. The maximum Gasteiger partial charge on any atom is 0.231 e. The van der Waals surface area contributed by atoms with Gasteiger partial charge in [0.25, 0.3) is 0 Å². The molecule has 0 radical (unpaired) electrons. The summed E-state index contributed by atoms with van der Waals surface area (Å²) >= 11 is 3.85. The number of aromatic nitrogens is 1. The Bertz CT molecular complexity index is 962. The highest BCUT2D eigenvalue weighted by atomic mass is 32.2. The minimum absolute atomic E-state index is 0.322. The lowest BCUT2D eigenvalue weighted by molar-refractivity contribution is 0.174. The van der Waals surface area contributed by atoms with Crippen molar-refractivity contribution in [2.75, 3.05) is 19.1 Å². The molecule has 2 aliphatic heterocycles. The van der Waals surface area contributed by atoms with E-state index in [1.165, 1.54) is 27.8 Å². The van der Waals surface area contributed by atoms with Gasteiger partial charge in [0.05, 0.1) is 0 Å². The molecule has 4 heterocycles. The fraction of sp³-hybridized carbons (Fsp3) is 0.333. The number of rotatable bonds is 6. The summed E-state index contributed by atoms with van der Waals surface area (Å²) in [6.07, 6.45) is 6.79. The molecule has 27 heavy (non-hydrogen) atoms. The lowest BCUT2D eigenvalue weighted by atomic mass is 9.99. The Kier molecular flexibility index (Phi) is 4.86. The number of ether oxygens (including phenoxy) is 2. The fourth-order valence-electron chi connectivity index (χ4n) is 3.73. The van der Waals surface area contributed by atoms with Crippen LogP contribution in [0.4, 0.5) is 0 Å². The first-order chi connectivity index (χ1) is 13.4. The highest BCUT2D eigenvalue weighted by Crippen LogP contribution is 2.37. The van der Waals surface area contributed by atoms with Crippen LogP contribution in [0.25, 0.3) is 16.5 Å². The molecule has 2 aliphatic rings. The van der Waals surface area contributed by atoms with Gasteiger partial charge in [-0.2, -0.15) is 11.8 Å². The van der Waals surface area contributed by atoms with Gasteiger partial charge in [-0.3, -0.25) is 0 Å². The topological polar surface area (TPSA) is 46.3 Å². The lowest BCUT2D eigenvalue weighted by Crippen LogP contribution is -2.33. The largest absolute Gasteiger partial charge is 0.454 e. The Morgan fingerprint density at radius 1 is 1.22 bits per heavy atom. The molecule has 0 saturated carbocycles. The van der Waals surface area contributed by atoms with Crippen LogP contribution in [-0.2, 0) is 5.75 Å². The molecule has 0 aliphatic carbocycles. The Morgan fingerprint density at radius 3 is 3.04 bits per heavy atom. The minimum Gasteiger partial charge on any atom is -0.454 e. The Morgan fingerprint density at radius 2 is 2.15 bits per heavy atom. The SMILES string of the molecule is C1=C(c2cccs2)CC(CCSCc2c[nH]c3cc4c(cc23)OCO4)NC1. The van der Waals surface area contributed by atoms with Gasteiger partial charge >= 0.3 is 0 Å². The van der Waals surface area contributed by atoms with E-state index in [0.29, 0.717) is 12.8 Å². The summed E-state index contributed by atoms with van der Waals surface area (Å²) in [5.74, 6) is 3.86. The fourth-order valence-corrected chi connectivity index (χ4v) is 5.57. The second kappa shape index (κ2) is 7.62. The quantitative estimate of drug-likeness (QED) is 0.572. The predicted molar refractivity (Wildman–Crippen MR) is 114 cm³/mol. The van der Waals surface area contributed by atoms with Crippen molar-refractivity contribution in [3.63, 3.8) is 0 Å². The summed E-state index contributed by atoms with van der Waals surface area (Å²) in [6, 6.07) is 9.09. The van der Waals surface area contributed by atoms with E-state index in [1.807, 2.05) is 29.2 Å². The van der Waals surface area contributed by atoms with Crippen molar-refractivity contribution in [2.45, 2.75) is 24.6 Å². The Hall–Kier alpha value is -1.89. The zero-order valence-corrected chi connectivity index (χ0v) is 16.6. The van der Waals surface area contributed by atoms with Gasteiger partial charge in [0.1, 0.15) is 0 Å². The number of nitrogens with one attached hydrogen (secondary N) is 2. The molecule has 1 atom stereocenters. The zero-order valence-electron chi connectivity index (χ0n) is 15.0. The maximum absolute atomic E-state index is 5.52. The summed E-state index contributed by atoms with van der Waals surface area (Å²) in [4.78, 5) is 4.78. The van der Waals surface area contributed by atoms with Crippen molar-refractivity contribution in [1.82, 2.24) is 10.3 Å². The molecule has 4 nitrogen and oxygen atoms in total. The van der Waals surface area contributed by atoms with Crippen LogP contribution in [-0.4, -0.2) is 30.1 Å². The molecule has 3 aromatic rings. The van der Waals surface area contributed by atoms with Crippen molar-refractivity contribution in [3.05, 3.63) is 52.4 Å². The van der Waals surface area contributed by atoms with Crippen LogP contribution < -0.4 is 14.8 Å². The predicted octanol–water partition coefficient (Wildman–Crippen LogP) is 5.03. The summed E-state index contributed by atoms with van der Waals surface area (Å²) in [7, 11) is 0. The third kappa shape index (κ3) is 3.61. The summed E-state index contributed by atoms with van der Waals surface area (Å²) in [5.41, 5.74) is 3.96. The first-order valence-corrected chi connectivity index (χ1v) is 11.3. The van der Waals surface area contributed by atoms with Crippen LogP contribution in [0.5, 0.6) is 11.5 Å². The first-order valence-electron chi connectivity index (χ1n) is 9.30. The number of H-pyrrole nitrogens is 1. The Labute approximate surface area is 167 Å². The highest BCUT2D eigenvalue weighted by molar-refractivity contribution is 7.98. The smallest absolute Gasteiger partial charge is 0.231 e. The van der Waals surface area contributed by atoms with Gasteiger partial charge in [0, 0.05) is 46.4 Å². The molecule has 6 heteroatoms. The van der Waals surface area contributed by atoms with Crippen LogP contribution in [0.1, 0.15) is 23.3 Å². The average Bonchev–Trinajstić information content (AvgIpc) is 3.44. The molecule has 0 fully saturated rings. The summed E-state index contributed by atoms with van der Waals surface area (Å²) < 4.78 is 11.0. The highest BCUT2D eigenvalue weighted by Gasteiger charge is 2.18. The van der Waals surface area contributed by atoms with Gasteiger partial charge in [0.15, 0.2) is 11.5 Å². The van der Waals surface area contributed by atoms with E-state index in [9.17, 15) is 0 Å². The molecular formula is C21H22N2O2S2. The van der Waals surface area contributed by atoms with Gasteiger partial charge in [0.2, 0.25) is 6.79 Å². The van der Waals surface area contributed by atoms with Gasteiger partial charge in [-0.05, 0) is 47.2 Å². The van der Waals surface area contributed by atoms with Crippen LogP contribution in [0.3, 0.4) is 0 Å². The molecule has 140 valence electrons. The second-order valence-corrected chi connectivity index (χ2v) is 8.98. The number of benzene rings is 1.